The summed E-state index contributed by atoms with van der Waals surface area (Å²) in [4.78, 5) is 0. The average molecular weight is 1130 g/mol. The van der Waals surface area contributed by atoms with Gasteiger partial charge in [0.05, 0.1) is 0 Å². The molecule has 3 aliphatic rings. The third-order valence-corrected chi connectivity index (χ3v) is 40.2. The van der Waals surface area contributed by atoms with Crippen LogP contribution in [0.5, 0.6) is 0 Å². The molecule has 0 bridgehead atoms. The SMILES string of the molecule is CC(C)C1=Cc2c(ccc(-c3ccccc3)c2-c2cc(C(C)C)cc(C(C)C)c2)[CH]1[Zr]([Cl])([Cl])([c]1cccc2c1[SiH2]c1ccccc1-2)[CH]1C(C(C)C)=Cc2c1ccc(-c1ccccc1)c2-c1cc(C(C)C)cc(C(C)C)c1. The van der Waals surface area contributed by atoms with Gasteiger partial charge in [0, 0.05) is 0 Å². The van der Waals surface area contributed by atoms with Crippen LogP contribution in [0.15, 0.2) is 175 Å². The Morgan fingerprint density at radius 3 is 1.17 bits per heavy atom. The van der Waals surface area contributed by atoms with E-state index in [-0.39, 0.29) is 19.1 Å². The monoisotopic (exact) mass is 1130 g/mol. The fourth-order valence-corrected chi connectivity index (χ4v) is 41.8. The topological polar surface area (TPSA) is 0 Å². The molecule has 0 N–H and O–H groups in total. The van der Waals surface area contributed by atoms with Crippen LogP contribution in [0.3, 0.4) is 0 Å². The molecule has 385 valence electrons. The van der Waals surface area contributed by atoms with Gasteiger partial charge in [-0.25, -0.2) is 0 Å². The van der Waals surface area contributed by atoms with E-state index in [1.807, 2.05) is 0 Å². The van der Waals surface area contributed by atoms with Crippen molar-refractivity contribution in [3.05, 3.63) is 219 Å². The Balaban J connectivity index is 1.27. The van der Waals surface area contributed by atoms with Crippen LogP contribution in [-0.4, -0.2) is 9.52 Å². The van der Waals surface area contributed by atoms with Crippen molar-refractivity contribution in [3.63, 3.8) is 0 Å². The fraction of sp³-hybridized carbons (Fsp3) is 0.278. The molecular weight excluding hydrogens is 1060 g/mol. The molecule has 0 spiro atoms. The van der Waals surface area contributed by atoms with Gasteiger partial charge in [-0.2, -0.15) is 0 Å². The Labute approximate surface area is 465 Å². The molecule has 4 heteroatoms. The molecule has 2 unspecified atom stereocenters. The molecule has 2 atom stereocenters. The zero-order valence-corrected chi connectivity index (χ0v) is 52.2. The minimum atomic E-state index is -5.98. The summed E-state index contributed by atoms with van der Waals surface area (Å²) in [7, 11) is 18.6. The van der Waals surface area contributed by atoms with Crippen molar-refractivity contribution in [2.45, 2.75) is 114 Å². The molecular formula is C72H75Cl2SiZr. The summed E-state index contributed by atoms with van der Waals surface area (Å²) in [6.45, 7) is 28.2. The Morgan fingerprint density at radius 1 is 0.368 bits per heavy atom. The van der Waals surface area contributed by atoms with Gasteiger partial charge >= 0.3 is 470 Å². The van der Waals surface area contributed by atoms with Crippen molar-refractivity contribution >= 4 is 52.3 Å². The molecule has 0 aromatic heterocycles. The number of halogens is 2. The summed E-state index contributed by atoms with van der Waals surface area (Å²) in [5, 5.41) is 2.93. The summed E-state index contributed by atoms with van der Waals surface area (Å²) in [5.41, 5.74) is 26.0. The Morgan fingerprint density at radius 2 is 0.763 bits per heavy atom. The Bertz CT molecular complexity index is 3390. The molecule has 0 saturated heterocycles. The second-order valence-corrected chi connectivity index (χ2v) is 46.8. The molecule has 0 fully saturated rings. The zero-order chi connectivity index (χ0) is 53.6. The van der Waals surface area contributed by atoms with Gasteiger partial charge in [-0.3, -0.25) is 0 Å². The van der Waals surface area contributed by atoms with Crippen LogP contribution in [0.2, 0.25) is 0 Å². The van der Waals surface area contributed by atoms with Crippen molar-refractivity contribution in [1.82, 2.24) is 0 Å². The van der Waals surface area contributed by atoms with E-state index in [9.17, 15) is 17.0 Å². The molecule has 76 heavy (non-hydrogen) atoms. The van der Waals surface area contributed by atoms with Crippen LogP contribution in [0.4, 0.5) is 0 Å². The van der Waals surface area contributed by atoms with Crippen LogP contribution >= 0.6 is 17.0 Å². The molecule has 0 radical (unpaired) electrons. The van der Waals surface area contributed by atoms with Crippen molar-refractivity contribution < 1.29 is 16.4 Å². The van der Waals surface area contributed by atoms with Gasteiger partial charge in [-0.15, -0.1) is 0 Å². The van der Waals surface area contributed by atoms with E-state index in [0.717, 1.165) is 0 Å². The van der Waals surface area contributed by atoms with E-state index >= 15 is 0 Å². The number of hydrogen-bond acceptors (Lipinski definition) is 0. The van der Waals surface area contributed by atoms with Gasteiger partial charge in [0.25, 0.3) is 0 Å². The molecule has 1 aliphatic heterocycles. The molecule has 11 rings (SSSR count). The first kappa shape index (κ1) is 52.9. The molecule has 2 aliphatic carbocycles. The first-order valence-electron chi connectivity index (χ1n) is 28.3. The first-order chi connectivity index (χ1) is 36.3. The number of allylic oxidation sites excluding steroid dienone is 2. The maximum atomic E-state index is 9.79. The second kappa shape index (κ2) is 20.3. The third-order valence-electron chi connectivity index (χ3n) is 17.6. The quantitative estimate of drug-likeness (QED) is 0.101. The third kappa shape index (κ3) is 8.81. The zero-order valence-electron chi connectivity index (χ0n) is 46.8. The molecule has 8 aromatic carbocycles. The van der Waals surface area contributed by atoms with Crippen molar-refractivity contribution in [2.24, 2.45) is 11.8 Å². The molecule has 0 saturated carbocycles. The van der Waals surface area contributed by atoms with E-state index in [1.54, 1.807) is 0 Å². The second-order valence-electron chi connectivity index (χ2n) is 24.4. The minimum absolute atomic E-state index is 0.173. The molecule has 1 heterocycles. The number of fused-ring (bicyclic) bond motifs is 5. The normalized spacial score (nSPS) is 16.7. The summed E-state index contributed by atoms with van der Waals surface area (Å²) in [5.74, 6) is 1.83. The molecule has 8 aromatic rings. The summed E-state index contributed by atoms with van der Waals surface area (Å²) < 4.78 is 0.851. The number of hydrogen-bond donors (Lipinski definition) is 0. The van der Waals surface area contributed by atoms with Crippen LogP contribution in [0.25, 0.3) is 67.8 Å². The van der Waals surface area contributed by atoms with Gasteiger partial charge in [0.2, 0.25) is 0 Å². The van der Waals surface area contributed by atoms with Gasteiger partial charge in [-0.05, 0) is 0 Å². The van der Waals surface area contributed by atoms with E-state index in [4.69, 9.17) is 0 Å². The van der Waals surface area contributed by atoms with Crippen LogP contribution in [0.1, 0.15) is 159 Å². The van der Waals surface area contributed by atoms with Gasteiger partial charge in [-0.1, -0.05) is 0 Å². The molecule has 0 nitrogen and oxygen atoms in total. The van der Waals surface area contributed by atoms with Crippen molar-refractivity contribution in [2.75, 3.05) is 0 Å². The predicted molar refractivity (Wildman–Crippen MR) is 333 cm³/mol. The van der Waals surface area contributed by atoms with Gasteiger partial charge in [0.15, 0.2) is 0 Å². The van der Waals surface area contributed by atoms with Gasteiger partial charge < -0.3 is 0 Å². The summed E-state index contributed by atoms with van der Waals surface area (Å²) >= 11 is -5.98. The Kier molecular flexibility index (Phi) is 14.1. The first-order valence-corrected chi connectivity index (χ1v) is 40.1. The van der Waals surface area contributed by atoms with E-state index < -0.39 is 25.9 Å². The van der Waals surface area contributed by atoms with Crippen molar-refractivity contribution in [1.29, 1.82) is 0 Å². The van der Waals surface area contributed by atoms with E-state index in [1.165, 1.54) is 125 Å². The summed E-state index contributed by atoms with van der Waals surface area (Å²) in [6.07, 6.45) is 5.17. The number of rotatable bonds is 13. The van der Waals surface area contributed by atoms with E-state index in [2.05, 4.69) is 259 Å². The van der Waals surface area contributed by atoms with Crippen molar-refractivity contribution in [3.8, 4) is 55.6 Å². The van der Waals surface area contributed by atoms with E-state index in [0.29, 0.717) is 23.7 Å². The fourth-order valence-electron chi connectivity index (χ4n) is 13.5. The average Bonchev–Trinajstić information content (AvgIpc) is 4.28. The summed E-state index contributed by atoms with van der Waals surface area (Å²) in [6, 6.07) is 62.9. The molecule has 0 amide bonds. The predicted octanol–water partition coefficient (Wildman–Crippen LogP) is 19.2. The standard InChI is InChI=1S/2C30H33.C12H9Si.2ClH.Zr/c2*1-19(2)24-15-25(20(3)4)17-27(16-24)30-28(22-10-8-7-9-11-22)13-12-23-14-26(21(5)6)18-29(23)30;1-3-7-11-9(5-1)10-6-2-4-8-12(10)13-11;;;/h2*7-21H,1-6H3;1-7H,13H2;2*1H;/q;;;;;+2/p-2. The van der Waals surface area contributed by atoms with Crippen LogP contribution in [0, 0.1) is 11.8 Å². The van der Waals surface area contributed by atoms with Gasteiger partial charge in [0.1, 0.15) is 0 Å². The van der Waals surface area contributed by atoms with Crippen LogP contribution < -0.4 is 13.6 Å². The Hall–Kier alpha value is -5.08. The van der Waals surface area contributed by atoms with Crippen LogP contribution in [-0.2, 0) is 16.4 Å². The number of benzene rings is 8. The maximum absolute atomic E-state index is 9.79.